The third-order valence-corrected chi connectivity index (χ3v) is 3.18. The Hall–Kier alpha value is -1.59. The molecular weight excluding hydrogens is 198 g/mol. The molecule has 3 atom stereocenters. The maximum Gasteiger partial charge on any atom is 0.344 e. The number of nitrogens with one attached hydrogen (secondary N) is 1. The molecule has 2 N–H and O–H groups in total. The molecule has 3 unspecified atom stereocenters. The standard InChI is InChI=1S/C9H13N3O3/c1-4-3-6(8(13)14)12-7(5(4)2)10-11-9(12)15/h4-6H,3H2,1-2H3,(H,11,15)(H,13,14). The summed E-state index contributed by atoms with van der Waals surface area (Å²) in [5.41, 5.74) is -0.434. The normalized spacial score (nSPS) is 29.9. The zero-order chi connectivity index (χ0) is 11.2. The van der Waals surface area contributed by atoms with Crippen LogP contribution in [0.15, 0.2) is 4.79 Å². The lowest BCUT2D eigenvalue weighted by Crippen LogP contribution is -2.36. The smallest absolute Gasteiger partial charge is 0.344 e. The lowest BCUT2D eigenvalue weighted by molar-refractivity contribution is -0.142. The molecule has 0 amide bonds. The molecule has 1 aromatic rings. The van der Waals surface area contributed by atoms with Crippen LogP contribution in [0.4, 0.5) is 0 Å². The summed E-state index contributed by atoms with van der Waals surface area (Å²) in [4.78, 5) is 22.4. The van der Waals surface area contributed by atoms with Crippen molar-refractivity contribution in [2.75, 3.05) is 0 Å². The number of carboxylic acid groups (broad SMARTS) is 1. The molecule has 0 aromatic carbocycles. The average Bonchev–Trinajstić information content (AvgIpc) is 2.54. The molecule has 1 aliphatic rings. The largest absolute Gasteiger partial charge is 0.480 e. The minimum atomic E-state index is -0.974. The van der Waals surface area contributed by atoms with E-state index in [2.05, 4.69) is 10.2 Å². The number of H-pyrrole nitrogens is 1. The van der Waals surface area contributed by atoms with E-state index < -0.39 is 17.7 Å². The first-order valence-electron chi connectivity index (χ1n) is 4.92. The molecule has 0 saturated carbocycles. The number of fused-ring (bicyclic) bond motifs is 1. The number of rotatable bonds is 1. The zero-order valence-electron chi connectivity index (χ0n) is 8.60. The molecule has 0 radical (unpaired) electrons. The Bertz CT molecular complexity index is 448. The van der Waals surface area contributed by atoms with E-state index in [0.717, 1.165) is 0 Å². The predicted octanol–water partition coefficient (Wildman–Crippen LogP) is 0.340. The van der Waals surface area contributed by atoms with Crippen LogP contribution in [0.25, 0.3) is 0 Å². The quantitative estimate of drug-likeness (QED) is 0.701. The Morgan fingerprint density at radius 1 is 1.60 bits per heavy atom. The lowest BCUT2D eigenvalue weighted by Gasteiger charge is -2.29. The molecule has 1 aromatic heterocycles. The fourth-order valence-corrected chi connectivity index (χ4v) is 2.07. The van der Waals surface area contributed by atoms with Crippen molar-refractivity contribution in [3.8, 4) is 0 Å². The number of nitrogens with zero attached hydrogens (tertiary/aromatic N) is 2. The number of carbonyl (C=O) groups is 1. The van der Waals surface area contributed by atoms with Crippen molar-refractivity contribution < 1.29 is 9.90 Å². The summed E-state index contributed by atoms with van der Waals surface area (Å²) in [7, 11) is 0. The van der Waals surface area contributed by atoms with E-state index >= 15 is 0 Å². The van der Waals surface area contributed by atoms with Crippen LogP contribution in [0.5, 0.6) is 0 Å². The van der Waals surface area contributed by atoms with Crippen molar-refractivity contribution in [1.82, 2.24) is 14.8 Å². The Morgan fingerprint density at radius 2 is 2.27 bits per heavy atom. The molecule has 0 fully saturated rings. The second-order valence-corrected chi connectivity index (χ2v) is 4.11. The summed E-state index contributed by atoms with van der Waals surface area (Å²) in [5, 5.41) is 15.2. The summed E-state index contributed by atoms with van der Waals surface area (Å²) in [6, 6.07) is -0.780. The van der Waals surface area contributed by atoms with Crippen LogP contribution in [0, 0.1) is 5.92 Å². The maximum absolute atomic E-state index is 11.4. The number of hydrogen-bond acceptors (Lipinski definition) is 3. The van der Waals surface area contributed by atoms with Crippen molar-refractivity contribution in [1.29, 1.82) is 0 Å². The van der Waals surface area contributed by atoms with E-state index in [1.54, 1.807) is 0 Å². The number of hydrogen-bond donors (Lipinski definition) is 2. The summed E-state index contributed by atoms with van der Waals surface area (Å²) in [5.74, 6) is -0.0991. The van der Waals surface area contributed by atoms with E-state index in [4.69, 9.17) is 5.11 Å². The highest BCUT2D eigenvalue weighted by Gasteiger charge is 2.36. The summed E-state index contributed by atoms with van der Waals surface area (Å²) in [6.07, 6.45) is 0.475. The van der Waals surface area contributed by atoms with Gasteiger partial charge >= 0.3 is 11.7 Å². The van der Waals surface area contributed by atoms with Gasteiger partial charge in [0.25, 0.3) is 0 Å². The minimum absolute atomic E-state index is 0.111. The van der Waals surface area contributed by atoms with Crippen LogP contribution in [-0.4, -0.2) is 25.8 Å². The van der Waals surface area contributed by atoms with Crippen LogP contribution < -0.4 is 5.69 Å². The Labute approximate surface area is 85.9 Å². The first-order chi connectivity index (χ1) is 7.02. The topological polar surface area (TPSA) is 88.0 Å². The highest BCUT2D eigenvalue weighted by Crippen LogP contribution is 2.35. The van der Waals surface area contributed by atoms with Gasteiger partial charge in [-0.15, -0.1) is 0 Å². The Balaban J connectivity index is 2.57. The van der Waals surface area contributed by atoms with Crippen molar-refractivity contribution in [2.24, 2.45) is 5.92 Å². The molecule has 2 rings (SSSR count). The van der Waals surface area contributed by atoms with Gasteiger partial charge in [-0.25, -0.2) is 14.7 Å². The van der Waals surface area contributed by atoms with Crippen LogP contribution in [0.2, 0.25) is 0 Å². The number of aliphatic carboxylic acids is 1. The van der Waals surface area contributed by atoms with E-state index in [0.29, 0.717) is 12.2 Å². The van der Waals surface area contributed by atoms with Gasteiger partial charge < -0.3 is 5.11 Å². The molecule has 15 heavy (non-hydrogen) atoms. The SMILES string of the molecule is CC1CC(C(=O)O)n2c(n[nH]c2=O)C1C. The van der Waals surface area contributed by atoms with Gasteiger partial charge in [0.05, 0.1) is 0 Å². The summed E-state index contributed by atoms with van der Waals surface area (Å²) in [6.45, 7) is 3.93. The van der Waals surface area contributed by atoms with Crippen LogP contribution in [-0.2, 0) is 4.79 Å². The zero-order valence-corrected chi connectivity index (χ0v) is 8.60. The Kier molecular flexibility index (Phi) is 2.13. The van der Waals surface area contributed by atoms with Crippen molar-refractivity contribution >= 4 is 5.97 Å². The van der Waals surface area contributed by atoms with Crippen molar-refractivity contribution in [3.63, 3.8) is 0 Å². The van der Waals surface area contributed by atoms with Gasteiger partial charge in [0, 0.05) is 5.92 Å². The number of aromatic nitrogens is 3. The second kappa shape index (κ2) is 3.22. The molecule has 0 spiro atoms. The van der Waals surface area contributed by atoms with Gasteiger partial charge in [-0.1, -0.05) is 13.8 Å². The molecule has 0 aliphatic carbocycles. The first kappa shape index (κ1) is 9.95. The molecule has 6 heteroatoms. The fourth-order valence-electron chi connectivity index (χ4n) is 2.07. The fraction of sp³-hybridized carbons (Fsp3) is 0.667. The van der Waals surface area contributed by atoms with Gasteiger partial charge in [0.1, 0.15) is 11.9 Å². The van der Waals surface area contributed by atoms with E-state index in [1.165, 1.54) is 4.57 Å². The Morgan fingerprint density at radius 3 is 2.87 bits per heavy atom. The third kappa shape index (κ3) is 1.36. The predicted molar refractivity (Wildman–Crippen MR) is 51.7 cm³/mol. The van der Waals surface area contributed by atoms with Crippen molar-refractivity contribution in [3.05, 3.63) is 16.3 Å². The molecule has 1 aliphatic heterocycles. The first-order valence-corrected chi connectivity index (χ1v) is 4.92. The number of carboxylic acids is 1. The average molecular weight is 211 g/mol. The van der Waals surface area contributed by atoms with E-state index in [-0.39, 0.29) is 11.8 Å². The molecule has 0 saturated heterocycles. The van der Waals surface area contributed by atoms with Crippen LogP contribution >= 0.6 is 0 Å². The molecule has 6 nitrogen and oxygen atoms in total. The van der Waals surface area contributed by atoms with E-state index in [1.807, 2.05) is 13.8 Å². The second-order valence-electron chi connectivity index (χ2n) is 4.11. The highest BCUT2D eigenvalue weighted by molar-refractivity contribution is 5.72. The van der Waals surface area contributed by atoms with Crippen molar-refractivity contribution in [2.45, 2.75) is 32.2 Å². The molecular formula is C9H13N3O3. The summed E-state index contributed by atoms with van der Waals surface area (Å²) >= 11 is 0. The van der Waals surface area contributed by atoms with Gasteiger partial charge in [-0.05, 0) is 12.3 Å². The van der Waals surface area contributed by atoms with Crippen LogP contribution in [0.1, 0.15) is 38.1 Å². The van der Waals surface area contributed by atoms with E-state index in [9.17, 15) is 9.59 Å². The maximum atomic E-state index is 11.4. The summed E-state index contributed by atoms with van der Waals surface area (Å²) < 4.78 is 1.26. The van der Waals surface area contributed by atoms with Gasteiger partial charge in [0.15, 0.2) is 0 Å². The monoisotopic (exact) mass is 211 g/mol. The van der Waals surface area contributed by atoms with Gasteiger partial charge in [-0.2, -0.15) is 5.10 Å². The van der Waals surface area contributed by atoms with Gasteiger partial charge in [0.2, 0.25) is 0 Å². The third-order valence-electron chi connectivity index (χ3n) is 3.18. The number of aromatic amines is 1. The highest BCUT2D eigenvalue weighted by atomic mass is 16.4. The molecule has 0 bridgehead atoms. The van der Waals surface area contributed by atoms with Crippen LogP contribution in [0.3, 0.4) is 0 Å². The minimum Gasteiger partial charge on any atom is -0.480 e. The molecule has 2 heterocycles. The molecule has 82 valence electrons. The van der Waals surface area contributed by atoms with Gasteiger partial charge in [-0.3, -0.25) is 4.57 Å². The lowest BCUT2D eigenvalue weighted by atomic mass is 9.85.